The van der Waals surface area contributed by atoms with E-state index in [0.717, 1.165) is 22.6 Å². The number of nitrogens with two attached hydrogens (primary N) is 3. The van der Waals surface area contributed by atoms with Crippen molar-refractivity contribution in [3.05, 3.63) is 52.0 Å². The fraction of sp³-hybridized carbons (Fsp3) is 0.222. The van der Waals surface area contributed by atoms with E-state index in [1.165, 1.54) is 11.3 Å². The summed E-state index contributed by atoms with van der Waals surface area (Å²) >= 11 is 1.35. The summed E-state index contributed by atoms with van der Waals surface area (Å²) in [5.74, 6) is -0.0956. The first-order valence-corrected chi connectivity index (χ1v) is 9.44. The fourth-order valence-electron chi connectivity index (χ4n) is 2.68. The van der Waals surface area contributed by atoms with Crippen molar-refractivity contribution in [3.63, 3.8) is 0 Å². The molecule has 0 atom stereocenters. The Morgan fingerprint density at radius 3 is 2.64 bits per heavy atom. The van der Waals surface area contributed by atoms with Crippen molar-refractivity contribution < 1.29 is 4.79 Å². The lowest BCUT2D eigenvalue weighted by atomic mass is 10.1. The van der Waals surface area contributed by atoms with Crippen LogP contribution < -0.4 is 22.5 Å². The lowest BCUT2D eigenvalue weighted by Gasteiger charge is -2.25. The number of aromatic nitrogens is 1. The Morgan fingerprint density at radius 1 is 1.29 bits per heavy atom. The summed E-state index contributed by atoms with van der Waals surface area (Å²) in [6.07, 6.45) is 4.33. The number of thiazole rings is 1. The number of nitrogens with one attached hydrogen (secondary N) is 2. The molecular formula is C18H22N8OS. The van der Waals surface area contributed by atoms with Crippen LogP contribution in [0.1, 0.15) is 26.7 Å². The summed E-state index contributed by atoms with van der Waals surface area (Å²) in [4.78, 5) is 23.1. The fourth-order valence-corrected chi connectivity index (χ4v) is 3.56. The number of aliphatic imine (C=N–C) groups is 1. The Kier molecular flexibility index (Phi) is 5.90. The van der Waals surface area contributed by atoms with E-state index < -0.39 is 0 Å². The largest absolute Gasteiger partial charge is 0.370 e. The van der Waals surface area contributed by atoms with Crippen molar-refractivity contribution in [1.82, 2.24) is 9.88 Å². The zero-order valence-electron chi connectivity index (χ0n) is 15.2. The minimum Gasteiger partial charge on any atom is -0.370 e. The second-order valence-electron chi connectivity index (χ2n) is 6.23. The standard InChI is InChI=1S/C18H22N8OS/c19-17(20)24-9-11-1-3-13(4-2-11)25-15(27)14-10-23-16(28-14)12-5-7-26(8-6-12)18(21)22/h1-5,10H,6-9H2,(H3,21,22)(H,25,27)(H4,19,20,24). The van der Waals surface area contributed by atoms with Gasteiger partial charge in [-0.2, -0.15) is 0 Å². The van der Waals surface area contributed by atoms with Gasteiger partial charge in [0.25, 0.3) is 5.91 Å². The van der Waals surface area contributed by atoms with E-state index >= 15 is 0 Å². The maximum atomic E-state index is 12.5. The summed E-state index contributed by atoms with van der Waals surface area (Å²) in [5.41, 5.74) is 18.8. The first kappa shape index (κ1) is 19.4. The zero-order chi connectivity index (χ0) is 20.1. The number of hydrogen-bond donors (Lipinski definition) is 5. The molecule has 0 aliphatic carbocycles. The molecule has 0 radical (unpaired) electrons. The van der Waals surface area contributed by atoms with E-state index in [0.29, 0.717) is 30.2 Å². The van der Waals surface area contributed by atoms with Gasteiger partial charge in [-0.3, -0.25) is 10.2 Å². The van der Waals surface area contributed by atoms with Crippen LogP contribution in [0.15, 0.2) is 41.5 Å². The number of amides is 1. The normalized spacial score (nSPS) is 13.6. The molecular weight excluding hydrogens is 376 g/mol. The van der Waals surface area contributed by atoms with Gasteiger partial charge in [0, 0.05) is 18.8 Å². The maximum absolute atomic E-state index is 12.5. The molecule has 10 heteroatoms. The molecule has 146 valence electrons. The molecule has 1 aromatic heterocycles. The smallest absolute Gasteiger partial charge is 0.267 e. The van der Waals surface area contributed by atoms with E-state index in [1.807, 2.05) is 18.2 Å². The lowest BCUT2D eigenvalue weighted by Crippen LogP contribution is -2.39. The highest BCUT2D eigenvalue weighted by Gasteiger charge is 2.18. The van der Waals surface area contributed by atoms with Gasteiger partial charge in [0.1, 0.15) is 9.88 Å². The summed E-state index contributed by atoms with van der Waals surface area (Å²) in [6.45, 7) is 1.65. The summed E-state index contributed by atoms with van der Waals surface area (Å²) in [6, 6.07) is 7.32. The minimum atomic E-state index is -0.206. The van der Waals surface area contributed by atoms with Gasteiger partial charge in [0.15, 0.2) is 11.9 Å². The lowest BCUT2D eigenvalue weighted by molar-refractivity contribution is 0.103. The van der Waals surface area contributed by atoms with Gasteiger partial charge in [0.2, 0.25) is 0 Å². The Morgan fingerprint density at radius 2 is 2.04 bits per heavy atom. The molecule has 3 rings (SSSR count). The molecule has 2 heterocycles. The van der Waals surface area contributed by atoms with E-state index in [-0.39, 0.29) is 17.8 Å². The molecule has 0 saturated heterocycles. The van der Waals surface area contributed by atoms with Crippen LogP contribution in [0.5, 0.6) is 0 Å². The first-order valence-electron chi connectivity index (χ1n) is 8.62. The molecule has 1 aliphatic heterocycles. The van der Waals surface area contributed by atoms with Crippen LogP contribution in [0.4, 0.5) is 5.69 Å². The molecule has 8 N–H and O–H groups in total. The molecule has 9 nitrogen and oxygen atoms in total. The van der Waals surface area contributed by atoms with Crippen LogP contribution in [0.3, 0.4) is 0 Å². The SMILES string of the molecule is N=C(N)N1CC=C(c2ncc(C(=O)Nc3ccc(CN=C(N)N)cc3)s2)CC1. The van der Waals surface area contributed by atoms with Gasteiger partial charge < -0.3 is 27.4 Å². The number of anilines is 1. The third-order valence-electron chi connectivity index (χ3n) is 4.21. The maximum Gasteiger partial charge on any atom is 0.267 e. The first-order chi connectivity index (χ1) is 13.4. The summed E-state index contributed by atoms with van der Waals surface area (Å²) in [7, 11) is 0. The predicted molar refractivity (Wildman–Crippen MR) is 112 cm³/mol. The molecule has 0 unspecified atom stereocenters. The van der Waals surface area contributed by atoms with E-state index in [2.05, 4.69) is 15.3 Å². The van der Waals surface area contributed by atoms with Crippen LogP contribution >= 0.6 is 11.3 Å². The number of nitrogens with zero attached hydrogens (tertiary/aromatic N) is 3. The van der Waals surface area contributed by atoms with Crippen molar-refractivity contribution in [2.45, 2.75) is 13.0 Å². The zero-order valence-corrected chi connectivity index (χ0v) is 16.0. The number of guanidine groups is 2. The molecule has 28 heavy (non-hydrogen) atoms. The topological polar surface area (TPSA) is 160 Å². The number of carbonyl (C=O) groups is 1. The average molecular weight is 398 g/mol. The second-order valence-corrected chi connectivity index (χ2v) is 7.26. The number of hydrogen-bond acceptors (Lipinski definition) is 5. The second kappa shape index (κ2) is 8.53. The third-order valence-corrected chi connectivity index (χ3v) is 5.28. The van der Waals surface area contributed by atoms with Gasteiger partial charge in [-0.25, -0.2) is 9.98 Å². The Labute approximate surface area is 166 Å². The Hall–Kier alpha value is -3.40. The number of carbonyl (C=O) groups excluding carboxylic acids is 1. The van der Waals surface area contributed by atoms with Gasteiger partial charge >= 0.3 is 0 Å². The molecule has 2 aromatic rings. The Bertz CT molecular complexity index is 927. The molecule has 1 aromatic carbocycles. The van der Waals surface area contributed by atoms with Gasteiger partial charge in [-0.1, -0.05) is 18.2 Å². The third kappa shape index (κ3) is 4.86. The van der Waals surface area contributed by atoms with Crippen LogP contribution in [-0.2, 0) is 6.54 Å². The van der Waals surface area contributed by atoms with Gasteiger partial charge in [0.05, 0.1) is 12.7 Å². The van der Waals surface area contributed by atoms with Crippen molar-refractivity contribution in [3.8, 4) is 0 Å². The van der Waals surface area contributed by atoms with Crippen molar-refractivity contribution in [1.29, 1.82) is 5.41 Å². The summed E-state index contributed by atoms with van der Waals surface area (Å²) in [5, 5.41) is 11.2. The number of rotatable bonds is 5. The highest BCUT2D eigenvalue weighted by Crippen LogP contribution is 2.27. The van der Waals surface area contributed by atoms with Crippen molar-refractivity contribution >= 4 is 40.4 Å². The van der Waals surface area contributed by atoms with Gasteiger partial charge in [-0.05, 0) is 29.7 Å². The highest BCUT2D eigenvalue weighted by molar-refractivity contribution is 7.14. The quantitative estimate of drug-likeness (QED) is 0.375. The van der Waals surface area contributed by atoms with Crippen LogP contribution in [0.25, 0.3) is 5.57 Å². The summed E-state index contributed by atoms with van der Waals surface area (Å²) < 4.78 is 0. The predicted octanol–water partition coefficient (Wildman–Crippen LogP) is 1.15. The molecule has 1 amide bonds. The molecule has 1 aliphatic rings. The minimum absolute atomic E-state index is 0.0421. The Balaban J connectivity index is 1.61. The van der Waals surface area contributed by atoms with E-state index in [9.17, 15) is 4.79 Å². The monoisotopic (exact) mass is 398 g/mol. The van der Waals surface area contributed by atoms with Gasteiger partial charge in [-0.15, -0.1) is 11.3 Å². The molecule has 0 saturated carbocycles. The van der Waals surface area contributed by atoms with E-state index in [4.69, 9.17) is 22.6 Å². The average Bonchev–Trinajstić information content (AvgIpc) is 3.18. The van der Waals surface area contributed by atoms with Crippen LogP contribution in [-0.4, -0.2) is 40.8 Å². The molecule has 0 bridgehead atoms. The van der Waals surface area contributed by atoms with Crippen LogP contribution in [0.2, 0.25) is 0 Å². The van der Waals surface area contributed by atoms with Crippen molar-refractivity contribution in [2.24, 2.45) is 22.2 Å². The van der Waals surface area contributed by atoms with Crippen molar-refractivity contribution in [2.75, 3.05) is 18.4 Å². The highest BCUT2D eigenvalue weighted by atomic mass is 32.1. The number of benzene rings is 1. The molecule has 0 fully saturated rings. The molecule has 0 spiro atoms. The van der Waals surface area contributed by atoms with E-state index in [1.54, 1.807) is 23.2 Å². The van der Waals surface area contributed by atoms with Crippen LogP contribution in [0, 0.1) is 5.41 Å².